The average Bonchev–Trinajstić information content (AvgIpc) is 3.02. The van der Waals surface area contributed by atoms with Gasteiger partial charge in [-0.2, -0.15) is 0 Å². The summed E-state index contributed by atoms with van der Waals surface area (Å²) in [5, 5.41) is 2.98. The molecule has 3 heterocycles. The highest BCUT2D eigenvalue weighted by Crippen LogP contribution is 2.34. The summed E-state index contributed by atoms with van der Waals surface area (Å²) in [4.78, 5) is 18.7. The van der Waals surface area contributed by atoms with Gasteiger partial charge in [-0.05, 0) is 19.9 Å². The lowest BCUT2D eigenvalue weighted by Gasteiger charge is -2.27. The summed E-state index contributed by atoms with van der Waals surface area (Å²) >= 11 is 0. The van der Waals surface area contributed by atoms with Crippen LogP contribution < -0.4 is 5.32 Å². The minimum atomic E-state index is -0.350. The Morgan fingerprint density at radius 1 is 1.15 bits per heavy atom. The van der Waals surface area contributed by atoms with Crippen LogP contribution in [-0.2, 0) is 14.3 Å². The third-order valence-electron chi connectivity index (χ3n) is 4.76. The molecule has 140 valence electrons. The minimum absolute atomic E-state index is 0.0848. The molecule has 6 nitrogen and oxygen atoms in total. The number of carbonyl (C=O) groups is 1. The zero-order chi connectivity index (χ0) is 18.8. The third-order valence-corrected chi connectivity index (χ3v) is 4.76. The van der Waals surface area contributed by atoms with Crippen molar-refractivity contribution in [1.29, 1.82) is 0 Å². The largest absolute Gasteiger partial charge is 0.349 e. The summed E-state index contributed by atoms with van der Waals surface area (Å²) in [5.74, 6) is 0.808. The molecule has 3 aliphatic rings. The van der Waals surface area contributed by atoms with Gasteiger partial charge in [0.15, 0.2) is 6.29 Å². The van der Waals surface area contributed by atoms with E-state index < -0.39 is 0 Å². The highest BCUT2D eigenvalue weighted by Gasteiger charge is 2.32. The van der Waals surface area contributed by atoms with Crippen LogP contribution in [0.15, 0.2) is 64.6 Å². The molecular formula is C21H23N3O3. The fourth-order valence-corrected chi connectivity index (χ4v) is 3.58. The van der Waals surface area contributed by atoms with E-state index in [1.807, 2.05) is 50.4 Å². The molecule has 3 aliphatic heterocycles. The Morgan fingerprint density at radius 2 is 1.89 bits per heavy atom. The molecule has 0 aliphatic carbocycles. The van der Waals surface area contributed by atoms with Crippen molar-refractivity contribution < 1.29 is 14.3 Å². The van der Waals surface area contributed by atoms with Gasteiger partial charge in [-0.1, -0.05) is 24.3 Å². The highest BCUT2D eigenvalue weighted by molar-refractivity contribution is 6.02. The first-order chi connectivity index (χ1) is 13.2. The molecule has 0 bridgehead atoms. The van der Waals surface area contributed by atoms with Crippen molar-refractivity contribution in [3.05, 3.63) is 70.7 Å². The van der Waals surface area contributed by atoms with Crippen LogP contribution in [0.25, 0.3) is 0 Å². The van der Waals surface area contributed by atoms with Crippen LogP contribution in [-0.4, -0.2) is 36.4 Å². The molecule has 0 atom stereocenters. The average molecular weight is 365 g/mol. The number of hydrogen-bond acceptors (Lipinski definition) is 5. The smallest absolute Gasteiger partial charge is 0.248 e. The van der Waals surface area contributed by atoms with Crippen molar-refractivity contribution in [3.63, 3.8) is 0 Å². The van der Waals surface area contributed by atoms with Gasteiger partial charge in [0, 0.05) is 60.9 Å². The van der Waals surface area contributed by atoms with Crippen molar-refractivity contribution in [3.8, 4) is 0 Å². The van der Waals surface area contributed by atoms with Gasteiger partial charge in [-0.15, -0.1) is 0 Å². The molecule has 6 heteroatoms. The molecule has 27 heavy (non-hydrogen) atoms. The van der Waals surface area contributed by atoms with E-state index in [2.05, 4.69) is 15.2 Å². The lowest BCUT2D eigenvalue weighted by atomic mass is 10.1. The van der Waals surface area contributed by atoms with E-state index in [9.17, 15) is 4.79 Å². The minimum Gasteiger partial charge on any atom is -0.349 e. The van der Waals surface area contributed by atoms with Crippen LogP contribution in [0.5, 0.6) is 0 Å². The fraction of sp³-hybridized carbons (Fsp3) is 0.333. The molecule has 0 saturated carbocycles. The number of carbonyl (C=O) groups excluding carboxylic acids is 1. The van der Waals surface area contributed by atoms with Crippen LogP contribution >= 0.6 is 0 Å². The Kier molecular flexibility index (Phi) is 4.92. The van der Waals surface area contributed by atoms with Gasteiger partial charge < -0.3 is 19.7 Å². The van der Waals surface area contributed by atoms with Crippen LogP contribution in [0.1, 0.15) is 37.7 Å². The first-order valence-corrected chi connectivity index (χ1v) is 9.33. The molecular weight excluding hydrogens is 342 g/mol. The van der Waals surface area contributed by atoms with E-state index in [1.165, 1.54) is 0 Å². The van der Waals surface area contributed by atoms with E-state index in [0.29, 0.717) is 13.2 Å². The van der Waals surface area contributed by atoms with Crippen molar-refractivity contribution in [2.75, 3.05) is 19.8 Å². The molecule has 1 amide bonds. The normalized spacial score (nSPS) is 18.3. The van der Waals surface area contributed by atoms with Gasteiger partial charge in [-0.3, -0.25) is 4.79 Å². The molecule has 0 radical (unpaired) electrons. The molecule has 1 N–H and O–H groups in total. The molecule has 0 fully saturated rings. The van der Waals surface area contributed by atoms with Crippen LogP contribution in [0, 0.1) is 0 Å². The third kappa shape index (κ3) is 3.34. The molecule has 1 aromatic carbocycles. The number of aliphatic imine (C=N–C) groups is 1. The first-order valence-electron chi connectivity index (χ1n) is 9.33. The van der Waals surface area contributed by atoms with Crippen LogP contribution in [0.4, 0.5) is 0 Å². The zero-order valence-electron chi connectivity index (χ0n) is 15.6. The topological polar surface area (TPSA) is 63.2 Å². The number of rotatable bonds is 6. The summed E-state index contributed by atoms with van der Waals surface area (Å²) in [5.41, 5.74) is 4.99. The highest BCUT2D eigenvalue weighted by atomic mass is 16.7. The molecule has 4 rings (SSSR count). The molecule has 0 aromatic heterocycles. The van der Waals surface area contributed by atoms with Crippen LogP contribution in [0.3, 0.4) is 0 Å². The second-order valence-electron chi connectivity index (χ2n) is 6.45. The van der Waals surface area contributed by atoms with E-state index in [4.69, 9.17) is 9.47 Å². The van der Waals surface area contributed by atoms with E-state index >= 15 is 0 Å². The maximum Gasteiger partial charge on any atom is 0.248 e. The molecule has 1 aromatic rings. The van der Waals surface area contributed by atoms with Crippen molar-refractivity contribution >= 4 is 11.7 Å². The summed E-state index contributed by atoms with van der Waals surface area (Å²) in [6, 6.07) is 8.13. The number of amides is 1. The SMILES string of the molecule is CCOC(OCC)c1ccc(C2=NC=C3C=CC(=O)NC4=C3N2CC4)cc1. The number of nitrogens with zero attached hydrogens (tertiary/aromatic N) is 2. The second-order valence-corrected chi connectivity index (χ2v) is 6.45. The molecule has 0 saturated heterocycles. The van der Waals surface area contributed by atoms with Gasteiger partial charge in [0.25, 0.3) is 0 Å². The van der Waals surface area contributed by atoms with E-state index in [0.717, 1.165) is 46.9 Å². The van der Waals surface area contributed by atoms with E-state index in [1.54, 1.807) is 6.08 Å². The number of hydrogen-bond donors (Lipinski definition) is 1. The molecule has 0 spiro atoms. The predicted molar refractivity (Wildman–Crippen MR) is 103 cm³/mol. The lowest BCUT2D eigenvalue weighted by Crippen LogP contribution is -2.31. The Bertz CT molecular complexity index is 859. The van der Waals surface area contributed by atoms with Crippen molar-refractivity contribution in [2.24, 2.45) is 4.99 Å². The van der Waals surface area contributed by atoms with Gasteiger partial charge >= 0.3 is 0 Å². The maximum absolute atomic E-state index is 11.8. The van der Waals surface area contributed by atoms with Gasteiger partial charge in [0.05, 0.1) is 5.70 Å². The maximum atomic E-state index is 11.8. The molecule has 0 unspecified atom stereocenters. The van der Waals surface area contributed by atoms with E-state index in [-0.39, 0.29) is 12.2 Å². The number of benzene rings is 1. The fourth-order valence-electron chi connectivity index (χ4n) is 3.58. The van der Waals surface area contributed by atoms with Gasteiger partial charge in [0.1, 0.15) is 5.84 Å². The van der Waals surface area contributed by atoms with Gasteiger partial charge in [-0.25, -0.2) is 4.99 Å². The predicted octanol–water partition coefficient (Wildman–Crippen LogP) is 3.01. The van der Waals surface area contributed by atoms with Crippen molar-refractivity contribution in [2.45, 2.75) is 26.6 Å². The number of ether oxygens (including phenoxy) is 2. The summed E-state index contributed by atoms with van der Waals surface area (Å²) in [6.45, 7) is 5.91. The Morgan fingerprint density at radius 3 is 2.59 bits per heavy atom. The number of allylic oxidation sites excluding steroid dienone is 1. The van der Waals surface area contributed by atoms with Crippen molar-refractivity contribution in [1.82, 2.24) is 10.2 Å². The Hall–Kier alpha value is -2.70. The van der Waals surface area contributed by atoms with Crippen LogP contribution in [0.2, 0.25) is 0 Å². The Balaban J connectivity index is 1.63. The second kappa shape index (κ2) is 7.50. The standard InChI is InChI=1S/C21H23N3O3/c1-3-26-21(27-4-2)15-7-5-14(6-8-15)20-22-13-16-9-10-18(25)23-17-11-12-24(20)19(16)17/h5-10,13,21H,3-4,11-12H2,1-2H3,(H,23,25). The summed E-state index contributed by atoms with van der Waals surface area (Å²) in [6.07, 6.45) is 5.67. The van der Waals surface area contributed by atoms with Gasteiger partial charge in [0.2, 0.25) is 5.91 Å². The monoisotopic (exact) mass is 365 g/mol. The summed E-state index contributed by atoms with van der Waals surface area (Å²) < 4.78 is 11.3. The lowest BCUT2D eigenvalue weighted by molar-refractivity contribution is -0.140. The first kappa shape index (κ1) is 17.7. The quantitative estimate of drug-likeness (QED) is 0.787. The zero-order valence-corrected chi connectivity index (χ0v) is 15.6. The summed E-state index contributed by atoms with van der Waals surface area (Å²) in [7, 11) is 0. The number of amidine groups is 1. The number of nitrogens with one attached hydrogen (secondary N) is 1. The Labute approximate surface area is 158 Å².